The van der Waals surface area contributed by atoms with E-state index < -0.39 is 0 Å². The highest BCUT2D eigenvalue weighted by Crippen LogP contribution is 2.26. The van der Waals surface area contributed by atoms with Gasteiger partial charge < -0.3 is 10.2 Å². The van der Waals surface area contributed by atoms with Gasteiger partial charge in [-0.15, -0.1) is 0 Å². The first kappa shape index (κ1) is 16.4. The zero-order valence-electron chi connectivity index (χ0n) is 14.6. The van der Waals surface area contributed by atoms with E-state index in [-0.39, 0.29) is 0 Å². The number of hydrogen-bond acceptors (Lipinski definition) is 7. The standard InChI is InChI=1S/C18H22N6S/c1-12-20-16(14-5-7-19-8-6-14)10-18(21-12)24(2)11-13-3-4-15-17(9-13)23-25-22-15/h3-4,9-10,14,19H,5-8,11H2,1-2H3. The molecule has 0 unspecified atom stereocenters. The smallest absolute Gasteiger partial charge is 0.132 e. The van der Waals surface area contributed by atoms with Gasteiger partial charge in [0, 0.05) is 31.3 Å². The van der Waals surface area contributed by atoms with Gasteiger partial charge in [0.2, 0.25) is 0 Å². The lowest BCUT2D eigenvalue weighted by Gasteiger charge is -2.24. The van der Waals surface area contributed by atoms with Gasteiger partial charge in [0.25, 0.3) is 0 Å². The number of fused-ring (bicyclic) bond motifs is 1. The van der Waals surface area contributed by atoms with Gasteiger partial charge in [0.05, 0.1) is 11.7 Å². The molecule has 1 aromatic carbocycles. The molecule has 0 atom stereocenters. The Morgan fingerprint density at radius 3 is 2.76 bits per heavy atom. The maximum atomic E-state index is 4.70. The van der Waals surface area contributed by atoms with Crippen LogP contribution in [0.5, 0.6) is 0 Å². The largest absolute Gasteiger partial charge is 0.355 e. The molecule has 1 saturated heterocycles. The summed E-state index contributed by atoms with van der Waals surface area (Å²) in [6, 6.07) is 8.42. The topological polar surface area (TPSA) is 66.8 Å². The van der Waals surface area contributed by atoms with Crippen LogP contribution in [-0.4, -0.2) is 38.9 Å². The lowest BCUT2D eigenvalue weighted by molar-refractivity contribution is 0.452. The van der Waals surface area contributed by atoms with Crippen LogP contribution in [0.3, 0.4) is 0 Å². The molecule has 0 spiro atoms. The molecule has 25 heavy (non-hydrogen) atoms. The van der Waals surface area contributed by atoms with Gasteiger partial charge in [0.15, 0.2) is 0 Å². The summed E-state index contributed by atoms with van der Waals surface area (Å²) in [7, 11) is 2.08. The fraction of sp³-hybridized carbons (Fsp3) is 0.444. The monoisotopic (exact) mass is 354 g/mol. The third-order valence-corrected chi connectivity index (χ3v) is 5.29. The van der Waals surface area contributed by atoms with Crippen molar-refractivity contribution in [3.8, 4) is 0 Å². The predicted octanol–water partition coefficient (Wildman–Crippen LogP) is 2.89. The molecular weight excluding hydrogens is 332 g/mol. The minimum absolute atomic E-state index is 0.535. The molecular formula is C18H22N6S. The first-order valence-corrected chi connectivity index (χ1v) is 9.41. The maximum absolute atomic E-state index is 4.70. The molecule has 130 valence electrons. The molecule has 0 radical (unpaired) electrons. The molecule has 3 aromatic rings. The summed E-state index contributed by atoms with van der Waals surface area (Å²) in [6.45, 7) is 4.91. The van der Waals surface area contributed by atoms with E-state index in [1.54, 1.807) is 0 Å². The Balaban J connectivity index is 1.56. The molecule has 3 heterocycles. The summed E-state index contributed by atoms with van der Waals surface area (Å²) in [6.07, 6.45) is 2.29. The maximum Gasteiger partial charge on any atom is 0.132 e. The fourth-order valence-electron chi connectivity index (χ4n) is 3.38. The fourth-order valence-corrected chi connectivity index (χ4v) is 3.90. The minimum atomic E-state index is 0.535. The zero-order valence-corrected chi connectivity index (χ0v) is 15.4. The Morgan fingerprint density at radius 1 is 1.12 bits per heavy atom. The number of benzene rings is 1. The van der Waals surface area contributed by atoms with Crippen molar-refractivity contribution in [3.05, 3.63) is 41.3 Å². The van der Waals surface area contributed by atoms with Gasteiger partial charge >= 0.3 is 0 Å². The number of aromatic nitrogens is 4. The number of hydrogen-bond donors (Lipinski definition) is 1. The summed E-state index contributed by atoms with van der Waals surface area (Å²) in [5.74, 6) is 2.36. The number of aryl methyl sites for hydroxylation is 1. The summed E-state index contributed by atoms with van der Waals surface area (Å²) in [5, 5.41) is 3.42. The van der Waals surface area contributed by atoms with Crippen molar-refractivity contribution in [1.82, 2.24) is 24.0 Å². The van der Waals surface area contributed by atoms with Gasteiger partial charge in [-0.1, -0.05) is 6.07 Å². The lowest BCUT2D eigenvalue weighted by Crippen LogP contribution is -2.27. The molecule has 0 bridgehead atoms. The Morgan fingerprint density at radius 2 is 1.92 bits per heavy atom. The molecule has 0 aliphatic carbocycles. The van der Waals surface area contributed by atoms with E-state index >= 15 is 0 Å². The highest BCUT2D eigenvalue weighted by molar-refractivity contribution is 7.00. The van der Waals surface area contributed by atoms with Crippen LogP contribution in [0, 0.1) is 6.92 Å². The van der Waals surface area contributed by atoms with E-state index in [9.17, 15) is 0 Å². The summed E-state index contributed by atoms with van der Waals surface area (Å²) in [5.41, 5.74) is 4.31. The van der Waals surface area contributed by atoms with E-state index in [2.05, 4.69) is 49.2 Å². The SMILES string of the molecule is Cc1nc(C2CCNCC2)cc(N(C)Cc2ccc3nsnc3c2)n1. The van der Waals surface area contributed by atoms with Crippen LogP contribution in [0.1, 0.15) is 35.8 Å². The quantitative estimate of drug-likeness (QED) is 0.777. The predicted molar refractivity (Wildman–Crippen MR) is 101 cm³/mol. The molecule has 1 aliphatic heterocycles. The van der Waals surface area contributed by atoms with Crippen LogP contribution in [0.2, 0.25) is 0 Å². The second-order valence-corrected chi connectivity index (χ2v) is 7.19. The molecule has 4 rings (SSSR count). The van der Waals surface area contributed by atoms with Crippen LogP contribution in [0.15, 0.2) is 24.3 Å². The van der Waals surface area contributed by atoms with Crippen LogP contribution < -0.4 is 10.2 Å². The van der Waals surface area contributed by atoms with Crippen molar-refractivity contribution in [3.63, 3.8) is 0 Å². The van der Waals surface area contributed by atoms with Crippen LogP contribution in [0.4, 0.5) is 5.82 Å². The Labute approximate surface area is 151 Å². The minimum Gasteiger partial charge on any atom is -0.355 e. The highest BCUT2D eigenvalue weighted by atomic mass is 32.1. The number of nitrogens with zero attached hydrogens (tertiary/aromatic N) is 5. The zero-order chi connectivity index (χ0) is 17.2. The van der Waals surface area contributed by atoms with Crippen molar-refractivity contribution in [2.45, 2.75) is 32.2 Å². The molecule has 1 N–H and O–H groups in total. The van der Waals surface area contributed by atoms with E-state index in [1.807, 2.05) is 13.0 Å². The summed E-state index contributed by atoms with van der Waals surface area (Å²) >= 11 is 1.26. The number of piperidine rings is 1. The molecule has 2 aromatic heterocycles. The number of nitrogens with one attached hydrogen (secondary N) is 1. The summed E-state index contributed by atoms with van der Waals surface area (Å²) < 4.78 is 8.59. The van der Waals surface area contributed by atoms with Crippen LogP contribution in [0.25, 0.3) is 11.0 Å². The van der Waals surface area contributed by atoms with Crippen molar-refractivity contribution >= 4 is 28.6 Å². The van der Waals surface area contributed by atoms with Crippen molar-refractivity contribution in [1.29, 1.82) is 0 Å². The summed E-state index contributed by atoms with van der Waals surface area (Å²) in [4.78, 5) is 11.5. The first-order valence-electron chi connectivity index (χ1n) is 8.68. The Kier molecular flexibility index (Phi) is 4.59. The Bertz CT molecular complexity index is 871. The van der Waals surface area contributed by atoms with Gasteiger partial charge in [0.1, 0.15) is 22.7 Å². The Hall–Kier alpha value is -2.12. The third-order valence-electron chi connectivity index (χ3n) is 4.73. The third kappa shape index (κ3) is 3.62. The molecule has 0 amide bonds. The van der Waals surface area contributed by atoms with E-state index in [0.29, 0.717) is 5.92 Å². The number of anilines is 1. The van der Waals surface area contributed by atoms with E-state index in [0.717, 1.165) is 55.2 Å². The molecule has 0 saturated carbocycles. The van der Waals surface area contributed by atoms with Crippen molar-refractivity contribution < 1.29 is 0 Å². The van der Waals surface area contributed by atoms with Crippen molar-refractivity contribution in [2.75, 3.05) is 25.0 Å². The van der Waals surface area contributed by atoms with Gasteiger partial charge in [-0.2, -0.15) is 8.75 Å². The second kappa shape index (κ2) is 7.01. The van der Waals surface area contributed by atoms with Crippen LogP contribution >= 0.6 is 11.7 Å². The van der Waals surface area contributed by atoms with E-state index in [1.165, 1.54) is 23.0 Å². The molecule has 1 aliphatic rings. The first-order chi connectivity index (χ1) is 12.2. The normalized spacial score (nSPS) is 15.6. The average molecular weight is 354 g/mol. The van der Waals surface area contributed by atoms with Gasteiger partial charge in [-0.25, -0.2) is 9.97 Å². The van der Waals surface area contributed by atoms with Crippen LogP contribution in [-0.2, 0) is 6.54 Å². The van der Waals surface area contributed by atoms with Gasteiger partial charge in [-0.05, 0) is 50.6 Å². The molecule has 6 nitrogen and oxygen atoms in total. The van der Waals surface area contributed by atoms with E-state index in [4.69, 9.17) is 4.98 Å². The lowest BCUT2D eigenvalue weighted by atomic mass is 9.94. The average Bonchev–Trinajstić information content (AvgIpc) is 3.09. The molecule has 7 heteroatoms. The highest BCUT2D eigenvalue weighted by Gasteiger charge is 2.18. The molecule has 1 fully saturated rings. The van der Waals surface area contributed by atoms with Crippen molar-refractivity contribution in [2.24, 2.45) is 0 Å². The number of rotatable bonds is 4. The second-order valence-electron chi connectivity index (χ2n) is 6.67. The van der Waals surface area contributed by atoms with Gasteiger partial charge in [-0.3, -0.25) is 0 Å².